The number of anilines is 1. The van der Waals surface area contributed by atoms with Gasteiger partial charge in [0.25, 0.3) is 0 Å². The summed E-state index contributed by atoms with van der Waals surface area (Å²) in [5.74, 6) is 0.337. The zero-order valence-corrected chi connectivity index (χ0v) is 14.0. The van der Waals surface area contributed by atoms with Gasteiger partial charge in [0.2, 0.25) is 5.56 Å². The van der Waals surface area contributed by atoms with Gasteiger partial charge in [0.1, 0.15) is 11.6 Å². The van der Waals surface area contributed by atoms with Gasteiger partial charge in [-0.15, -0.1) is 0 Å². The molecule has 0 aliphatic rings. The van der Waals surface area contributed by atoms with E-state index in [1.807, 2.05) is 13.0 Å². The zero-order valence-electron chi connectivity index (χ0n) is 14.0. The third-order valence-corrected chi connectivity index (χ3v) is 4.11. The average molecular weight is 349 g/mol. The van der Waals surface area contributed by atoms with Crippen molar-refractivity contribution in [2.24, 2.45) is 0 Å². The van der Waals surface area contributed by atoms with Crippen LogP contribution in [0.3, 0.4) is 0 Å². The number of aromatic amines is 1. The number of nitrogens with zero attached hydrogens (tertiary/aromatic N) is 3. The Kier molecular flexibility index (Phi) is 3.96. The molecule has 2 N–H and O–H groups in total. The molecule has 6 nitrogen and oxygen atoms in total. The maximum absolute atomic E-state index is 14.2. The largest absolute Gasteiger partial charge is 0.366 e. The van der Waals surface area contributed by atoms with E-state index in [4.69, 9.17) is 0 Å². The average Bonchev–Trinajstić information content (AvgIpc) is 3.01. The van der Waals surface area contributed by atoms with E-state index in [0.717, 1.165) is 11.1 Å². The predicted molar refractivity (Wildman–Crippen MR) is 97.5 cm³/mol. The number of aryl methyl sites for hydroxylation is 1. The molecule has 0 saturated carbocycles. The minimum atomic E-state index is -0.331. The van der Waals surface area contributed by atoms with Crippen LogP contribution in [-0.2, 0) is 6.54 Å². The first-order valence-corrected chi connectivity index (χ1v) is 8.13. The van der Waals surface area contributed by atoms with Crippen molar-refractivity contribution in [3.05, 3.63) is 82.2 Å². The van der Waals surface area contributed by atoms with E-state index in [1.165, 1.54) is 12.1 Å². The number of H-pyrrole nitrogens is 1. The second-order valence-corrected chi connectivity index (χ2v) is 5.98. The standard InChI is InChI=1S/C19H16FN5O/c1-12-10-23-25-17(22-11-13-6-7-21-18(26)8-13)9-16(24-19(12)25)14-4-2-3-5-15(14)20/h2-10,22H,11H2,1H3,(H,21,26). The number of fused-ring (bicyclic) bond motifs is 1. The molecule has 0 amide bonds. The van der Waals surface area contributed by atoms with E-state index in [2.05, 4.69) is 20.4 Å². The van der Waals surface area contributed by atoms with Crippen molar-refractivity contribution in [1.29, 1.82) is 0 Å². The van der Waals surface area contributed by atoms with E-state index >= 15 is 0 Å². The Bertz CT molecular complexity index is 1150. The zero-order chi connectivity index (χ0) is 18.1. The van der Waals surface area contributed by atoms with Crippen molar-refractivity contribution < 1.29 is 4.39 Å². The monoisotopic (exact) mass is 349 g/mol. The first-order chi connectivity index (χ1) is 12.6. The molecule has 0 saturated heterocycles. The first kappa shape index (κ1) is 16.0. The summed E-state index contributed by atoms with van der Waals surface area (Å²) >= 11 is 0. The summed E-state index contributed by atoms with van der Waals surface area (Å²) in [6.07, 6.45) is 3.32. The van der Waals surface area contributed by atoms with Gasteiger partial charge >= 0.3 is 0 Å². The van der Waals surface area contributed by atoms with Crippen LogP contribution in [0.4, 0.5) is 10.2 Å². The van der Waals surface area contributed by atoms with Crippen LogP contribution >= 0.6 is 0 Å². The molecular formula is C19H16FN5O. The second-order valence-electron chi connectivity index (χ2n) is 5.98. The van der Waals surface area contributed by atoms with E-state index in [1.54, 1.807) is 41.2 Å². The Morgan fingerprint density at radius 1 is 1.23 bits per heavy atom. The number of nitrogens with one attached hydrogen (secondary N) is 2. The number of hydrogen-bond donors (Lipinski definition) is 2. The molecule has 0 aliphatic carbocycles. The molecule has 3 aromatic heterocycles. The highest BCUT2D eigenvalue weighted by molar-refractivity contribution is 5.68. The molecule has 3 heterocycles. The van der Waals surface area contributed by atoms with Crippen LogP contribution in [-0.4, -0.2) is 19.6 Å². The summed E-state index contributed by atoms with van der Waals surface area (Å²) < 4.78 is 15.9. The number of rotatable bonds is 4. The summed E-state index contributed by atoms with van der Waals surface area (Å²) in [6.45, 7) is 2.33. The van der Waals surface area contributed by atoms with Crippen LogP contribution in [0.1, 0.15) is 11.1 Å². The fourth-order valence-corrected chi connectivity index (χ4v) is 2.80. The van der Waals surface area contributed by atoms with Crippen LogP contribution in [0.5, 0.6) is 0 Å². The van der Waals surface area contributed by atoms with Gasteiger partial charge in [0, 0.05) is 36.0 Å². The smallest absolute Gasteiger partial charge is 0.248 e. The Morgan fingerprint density at radius 2 is 2.08 bits per heavy atom. The molecule has 0 radical (unpaired) electrons. The minimum absolute atomic E-state index is 0.161. The van der Waals surface area contributed by atoms with Gasteiger partial charge in [-0.2, -0.15) is 9.61 Å². The van der Waals surface area contributed by atoms with Gasteiger partial charge in [-0.25, -0.2) is 9.37 Å². The molecular weight excluding hydrogens is 333 g/mol. The lowest BCUT2D eigenvalue weighted by atomic mass is 10.1. The van der Waals surface area contributed by atoms with Crippen molar-refractivity contribution in [2.45, 2.75) is 13.5 Å². The first-order valence-electron chi connectivity index (χ1n) is 8.13. The Labute approximate surface area is 148 Å². The van der Waals surface area contributed by atoms with Crippen LogP contribution in [0.25, 0.3) is 16.9 Å². The molecule has 26 heavy (non-hydrogen) atoms. The summed E-state index contributed by atoms with van der Waals surface area (Å²) in [4.78, 5) is 18.6. The third kappa shape index (κ3) is 2.95. The second kappa shape index (κ2) is 6.44. The molecule has 0 unspecified atom stereocenters. The SMILES string of the molecule is Cc1cnn2c(NCc3cc[nH]c(=O)c3)cc(-c3ccccc3F)nc12. The molecule has 130 valence electrons. The Hall–Kier alpha value is -3.48. The summed E-state index contributed by atoms with van der Waals surface area (Å²) in [7, 11) is 0. The number of benzene rings is 1. The lowest BCUT2D eigenvalue weighted by Gasteiger charge is -2.11. The molecule has 4 aromatic rings. The molecule has 1 aromatic carbocycles. The number of halogens is 1. The van der Waals surface area contributed by atoms with Crippen molar-refractivity contribution in [3.8, 4) is 11.3 Å². The highest BCUT2D eigenvalue weighted by Crippen LogP contribution is 2.25. The van der Waals surface area contributed by atoms with Gasteiger partial charge in [0.15, 0.2) is 5.65 Å². The maximum atomic E-state index is 14.2. The Balaban J connectivity index is 1.78. The van der Waals surface area contributed by atoms with E-state index in [0.29, 0.717) is 29.3 Å². The van der Waals surface area contributed by atoms with E-state index in [9.17, 15) is 9.18 Å². The fourth-order valence-electron chi connectivity index (χ4n) is 2.80. The summed E-state index contributed by atoms with van der Waals surface area (Å²) in [6, 6.07) is 11.6. The highest BCUT2D eigenvalue weighted by atomic mass is 19.1. The van der Waals surface area contributed by atoms with Crippen LogP contribution in [0.15, 0.2) is 59.7 Å². The topological polar surface area (TPSA) is 75.1 Å². The van der Waals surface area contributed by atoms with E-state index in [-0.39, 0.29) is 11.4 Å². The molecule has 0 aliphatic heterocycles. The van der Waals surface area contributed by atoms with Crippen molar-refractivity contribution in [3.63, 3.8) is 0 Å². The molecule has 0 fully saturated rings. The third-order valence-electron chi connectivity index (χ3n) is 4.11. The van der Waals surface area contributed by atoms with Crippen molar-refractivity contribution in [1.82, 2.24) is 19.6 Å². The maximum Gasteiger partial charge on any atom is 0.248 e. The molecule has 0 bridgehead atoms. The van der Waals surface area contributed by atoms with Crippen LogP contribution < -0.4 is 10.9 Å². The molecule has 4 rings (SSSR count). The van der Waals surface area contributed by atoms with Crippen molar-refractivity contribution >= 4 is 11.5 Å². The predicted octanol–water partition coefficient (Wildman–Crippen LogP) is 3.14. The fraction of sp³-hybridized carbons (Fsp3) is 0.105. The van der Waals surface area contributed by atoms with Crippen LogP contribution in [0, 0.1) is 12.7 Å². The number of pyridine rings is 1. The van der Waals surface area contributed by atoms with Gasteiger partial charge in [-0.05, 0) is 30.7 Å². The summed E-state index contributed by atoms with van der Waals surface area (Å²) in [5, 5.41) is 7.59. The normalized spacial score (nSPS) is 11.0. The summed E-state index contributed by atoms with van der Waals surface area (Å²) in [5.41, 5.74) is 3.16. The molecule has 0 atom stereocenters. The lowest BCUT2D eigenvalue weighted by Crippen LogP contribution is -2.10. The number of aromatic nitrogens is 4. The van der Waals surface area contributed by atoms with Gasteiger partial charge in [-0.1, -0.05) is 12.1 Å². The number of hydrogen-bond acceptors (Lipinski definition) is 4. The van der Waals surface area contributed by atoms with Gasteiger partial charge in [-0.3, -0.25) is 4.79 Å². The van der Waals surface area contributed by atoms with Gasteiger partial charge in [0.05, 0.1) is 11.9 Å². The van der Waals surface area contributed by atoms with Crippen LogP contribution in [0.2, 0.25) is 0 Å². The highest BCUT2D eigenvalue weighted by Gasteiger charge is 2.13. The molecule has 7 heteroatoms. The van der Waals surface area contributed by atoms with Crippen molar-refractivity contribution in [2.75, 3.05) is 5.32 Å². The van der Waals surface area contributed by atoms with Gasteiger partial charge < -0.3 is 10.3 Å². The molecule has 0 spiro atoms. The minimum Gasteiger partial charge on any atom is -0.366 e. The lowest BCUT2D eigenvalue weighted by molar-refractivity contribution is 0.630. The quantitative estimate of drug-likeness (QED) is 0.593. The van der Waals surface area contributed by atoms with E-state index < -0.39 is 0 Å². The Morgan fingerprint density at radius 3 is 2.88 bits per heavy atom.